The number of rotatable bonds is 3. The monoisotopic (exact) mass is 280 g/mol. The van der Waals surface area contributed by atoms with Crippen LogP contribution in [-0.2, 0) is 0 Å². The van der Waals surface area contributed by atoms with Gasteiger partial charge in [0, 0.05) is 29.0 Å². The number of nitrogens with two attached hydrogens (primary N) is 2. The third kappa shape index (κ3) is 2.26. The fourth-order valence-electron chi connectivity index (χ4n) is 2.49. The third-order valence-electron chi connectivity index (χ3n) is 3.45. The average Bonchev–Trinajstić information content (AvgIpc) is 2.76. The topological polar surface area (TPSA) is 105 Å². The van der Waals surface area contributed by atoms with Crippen LogP contribution in [0.15, 0.2) is 51.9 Å². The predicted molar refractivity (Wildman–Crippen MR) is 83.3 cm³/mol. The molecule has 0 saturated heterocycles. The van der Waals surface area contributed by atoms with Crippen LogP contribution in [0.5, 0.6) is 0 Å². The molecule has 0 saturated carbocycles. The predicted octanol–water partition coefficient (Wildman–Crippen LogP) is 2.67. The van der Waals surface area contributed by atoms with E-state index < -0.39 is 0 Å². The first kappa shape index (κ1) is 14.7. The molecule has 4 N–H and O–H groups in total. The van der Waals surface area contributed by atoms with Crippen molar-refractivity contribution in [3.63, 3.8) is 0 Å². The molecule has 0 atom stereocenters. The average molecular weight is 280 g/mol. The van der Waals surface area contributed by atoms with Gasteiger partial charge in [0.15, 0.2) is 0 Å². The Hall–Kier alpha value is -2.71. The van der Waals surface area contributed by atoms with Crippen LogP contribution in [0.4, 0.5) is 0 Å². The molecule has 1 aliphatic rings. The quantitative estimate of drug-likeness (QED) is 0.655. The van der Waals surface area contributed by atoms with Crippen LogP contribution < -0.4 is 11.5 Å². The molecule has 0 amide bonds. The normalized spacial score (nSPS) is 15.3. The van der Waals surface area contributed by atoms with Crippen LogP contribution in [0, 0.1) is 16.2 Å². The van der Waals surface area contributed by atoms with Crippen LogP contribution in [-0.4, -0.2) is 6.54 Å². The smallest absolute Gasteiger partial charge is 0.116 e. The summed E-state index contributed by atoms with van der Waals surface area (Å²) in [4.78, 5) is 11.2. The van der Waals surface area contributed by atoms with Gasteiger partial charge in [0.25, 0.3) is 0 Å². The number of nitrogens with zero attached hydrogens (tertiary/aromatic N) is 2. The fourth-order valence-corrected chi connectivity index (χ4v) is 2.49. The maximum absolute atomic E-state index is 11.2. The molecule has 0 radical (unpaired) electrons. The summed E-state index contributed by atoms with van der Waals surface area (Å²) in [5, 5.41) is 12.4. The summed E-state index contributed by atoms with van der Waals surface area (Å²) in [5.74, 6) is 0. The molecule has 106 valence electrons. The van der Waals surface area contributed by atoms with Crippen molar-refractivity contribution >= 4 is 11.3 Å². The molecule has 1 aromatic carbocycles. The van der Waals surface area contributed by atoms with Crippen LogP contribution in [0.1, 0.15) is 25.0 Å². The van der Waals surface area contributed by atoms with Crippen LogP contribution in [0.3, 0.4) is 0 Å². The van der Waals surface area contributed by atoms with E-state index in [1.807, 2.05) is 24.3 Å². The van der Waals surface area contributed by atoms with Crippen molar-refractivity contribution in [1.29, 1.82) is 5.26 Å². The van der Waals surface area contributed by atoms with E-state index >= 15 is 0 Å². The second-order valence-corrected chi connectivity index (χ2v) is 4.94. The number of allylic oxidation sites excluding steroid dienone is 2. The van der Waals surface area contributed by atoms with Gasteiger partial charge in [-0.3, -0.25) is 0 Å². The summed E-state index contributed by atoms with van der Waals surface area (Å²) >= 11 is 0. The molecule has 0 aromatic heterocycles. The van der Waals surface area contributed by atoms with Crippen LogP contribution in [0.2, 0.25) is 0 Å². The molecule has 0 heterocycles. The van der Waals surface area contributed by atoms with E-state index in [4.69, 9.17) is 11.5 Å². The number of nitriles is 1. The van der Waals surface area contributed by atoms with Gasteiger partial charge in [0.2, 0.25) is 0 Å². The number of hydrogen-bond donors (Lipinski definition) is 2. The van der Waals surface area contributed by atoms with Crippen molar-refractivity contribution in [3.8, 4) is 6.07 Å². The SMILES string of the molecule is CC(C)=C(N=O)C1=C(N)c2ccccc2/C1=C(/C#N)CN. The molecule has 1 aromatic rings. The Kier molecular flexibility index (Phi) is 4.01. The van der Waals surface area contributed by atoms with Gasteiger partial charge in [0.05, 0.1) is 11.6 Å². The lowest BCUT2D eigenvalue weighted by atomic mass is 9.94. The zero-order valence-corrected chi connectivity index (χ0v) is 12.0. The first-order valence-corrected chi connectivity index (χ1v) is 6.51. The first-order chi connectivity index (χ1) is 10.1. The zero-order chi connectivity index (χ0) is 15.6. The van der Waals surface area contributed by atoms with Gasteiger partial charge in [-0.05, 0) is 30.2 Å². The van der Waals surface area contributed by atoms with Gasteiger partial charge in [-0.25, -0.2) is 0 Å². The van der Waals surface area contributed by atoms with E-state index in [1.54, 1.807) is 13.8 Å². The van der Waals surface area contributed by atoms with Crippen LogP contribution >= 0.6 is 0 Å². The van der Waals surface area contributed by atoms with Crippen molar-refractivity contribution in [3.05, 3.63) is 62.7 Å². The summed E-state index contributed by atoms with van der Waals surface area (Å²) in [6.07, 6.45) is 0. The summed E-state index contributed by atoms with van der Waals surface area (Å²) < 4.78 is 0. The fraction of sp³-hybridized carbons (Fsp3) is 0.188. The minimum atomic E-state index is 0.0752. The highest BCUT2D eigenvalue weighted by Crippen LogP contribution is 2.44. The van der Waals surface area contributed by atoms with Crippen molar-refractivity contribution in [1.82, 2.24) is 0 Å². The first-order valence-electron chi connectivity index (χ1n) is 6.51. The molecule has 5 nitrogen and oxygen atoms in total. The van der Waals surface area contributed by atoms with Gasteiger partial charge in [-0.2, -0.15) is 5.26 Å². The lowest BCUT2D eigenvalue weighted by Gasteiger charge is -2.10. The van der Waals surface area contributed by atoms with Crippen molar-refractivity contribution in [2.45, 2.75) is 13.8 Å². The lowest BCUT2D eigenvalue weighted by molar-refractivity contribution is 1.17. The van der Waals surface area contributed by atoms with E-state index in [0.717, 1.165) is 16.7 Å². The number of nitroso groups, excluding NO2 is 1. The van der Waals surface area contributed by atoms with Gasteiger partial charge >= 0.3 is 0 Å². The van der Waals surface area contributed by atoms with E-state index in [2.05, 4.69) is 11.2 Å². The van der Waals surface area contributed by atoms with E-state index in [0.29, 0.717) is 22.4 Å². The summed E-state index contributed by atoms with van der Waals surface area (Å²) in [6.45, 7) is 3.64. The maximum Gasteiger partial charge on any atom is 0.116 e. The highest BCUT2D eigenvalue weighted by Gasteiger charge is 2.30. The molecule has 0 aliphatic heterocycles. The van der Waals surface area contributed by atoms with Crippen molar-refractivity contribution < 1.29 is 0 Å². The van der Waals surface area contributed by atoms with E-state index in [-0.39, 0.29) is 12.2 Å². The lowest BCUT2D eigenvalue weighted by Crippen LogP contribution is -2.06. The standard InChI is InChI=1S/C16H16N4O/c1-9(2)16(20-21)14-13(10(7-17)8-18)11-5-3-4-6-12(11)15(14)19/h3-6H,7,17,19H2,1-2H3/b13-10-. The second-order valence-electron chi connectivity index (χ2n) is 4.94. The van der Waals surface area contributed by atoms with Crippen molar-refractivity contribution in [2.75, 3.05) is 6.54 Å². The number of fused-ring (bicyclic) bond motifs is 1. The number of benzene rings is 1. The Bertz CT molecular complexity index is 744. The summed E-state index contributed by atoms with van der Waals surface area (Å²) in [7, 11) is 0. The van der Waals surface area contributed by atoms with Gasteiger partial charge < -0.3 is 11.5 Å². The molecule has 1 aliphatic carbocycles. The molecule has 5 heteroatoms. The Morgan fingerprint density at radius 3 is 2.38 bits per heavy atom. The molecular weight excluding hydrogens is 264 g/mol. The molecule has 2 rings (SSSR count). The highest BCUT2D eigenvalue weighted by molar-refractivity contribution is 6.04. The highest BCUT2D eigenvalue weighted by atomic mass is 16.3. The Morgan fingerprint density at radius 1 is 1.29 bits per heavy atom. The molecule has 21 heavy (non-hydrogen) atoms. The Morgan fingerprint density at radius 2 is 1.90 bits per heavy atom. The minimum absolute atomic E-state index is 0.0752. The minimum Gasteiger partial charge on any atom is -0.398 e. The molecule has 0 bridgehead atoms. The van der Waals surface area contributed by atoms with E-state index in [1.165, 1.54) is 0 Å². The van der Waals surface area contributed by atoms with Crippen molar-refractivity contribution in [2.24, 2.45) is 16.6 Å². The molecule has 0 spiro atoms. The Labute approximate surface area is 123 Å². The van der Waals surface area contributed by atoms with Gasteiger partial charge in [-0.15, -0.1) is 4.91 Å². The maximum atomic E-state index is 11.2. The van der Waals surface area contributed by atoms with Crippen LogP contribution in [0.25, 0.3) is 11.3 Å². The summed E-state index contributed by atoms with van der Waals surface area (Å²) in [5.41, 5.74) is 16.5. The molecule has 0 fully saturated rings. The second kappa shape index (κ2) is 5.73. The van der Waals surface area contributed by atoms with Gasteiger partial charge in [0.1, 0.15) is 5.70 Å². The van der Waals surface area contributed by atoms with E-state index in [9.17, 15) is 10.2 Å². The number of hydrogen-bond acceptors (Lipinski definition) is 5. The zero-order valence-electron chi connectivity index (χ0n) is 12.0. The third-order valence-corrected chi connectivity index (χ3v) is 3.45. The molecular formula is C16H16N4O. The summed E-state index contributed by atoms with van der Waals surface area (Å²) in [6, 6.07) is 9.54. The Balaban J connectivity index is 2.90. The largest absolute Gasteiger partial charge is 0.398 e. The van der Waals surface area contributed by atoms with Gasteiger partial charge in [-0.1, -0.05) is 24.3 Å². The molecule has 0 unspecified atom stereocenters.